The molecule has 0 spiro atoms. The summed E-state index contributed by atoms with van der Waals surface area (Å²) < 4.78 is 5.46. The van der Waals surface area contributed by atoms with Crippen LogP contribution in [0.4, 0.5) is 4.79 Å². The van der Waals surface area contributed by atoms with Crippen LogP contribution in [0.3, 0.4) is 0 Å². The van der Waals surface area contributed by atoms with Crippen molar-refractivity contribution in [2.75, 3.05) is 19.6 Å². The molecule has 1 aliphatic heterocycles. The third-order valence-corrected chi connectivity index (χ3v) is 6.17. The van der Waals surface area contributed by atoms with Crippen molar-refractivity contribution in [3.8, 4) is 0 Å². The second-order valence-corrected chi connectivity index (χ2v) is 9.75. The third kappa shape index (κ3) is 4.59. The number of aryl methyl sites for hydroxylation is 2. The van der Waals surface area contributed by atoms with Crippen LogP contribution in [0.1, 0.15) is 49.2 Å². The molecule has 4 rings (SSSR count). The summed E-state index contributed by atoms with van der Waals surface area (Å²) in [6.45, 7) is 6.25. The monoisotopic (exact) mass is 457 g/mol. The number of piperazine rings is 1. The molecule has 0 saturated carbocycles. The molecule has 2 aromatic rings. The summed E-state index contributed by atoms with van der Waals surface area (Å²) in [5, 5.41) is 10.6. The standard InChI is InChI=1S/C24H28ClN3O4/c1-24(2,3)32-23(31)28-12-11-27(14-19(28)22(29)30)21-18-9-8-17(25)13-16(18)7-6-15-5-4-10-26-20(15)21/h4-5,8-10,13,19,21H,6-7,11-12,14H2,1-3H3,(H,29,30)/t19-,21-/m1/s1. The van der Waals surface area contributed by atoms with E-state index in [-0.39, 0.29) is 19.1 Å². The summed E-state index contributed by atoms with van der Waals surface area (Å²) in [7, 11) is 0. The van der Waals surface area contributed by atoms with Crippen molar-refractivity contribution in [1.29, 1.82) is 0 Å². The molecule has 1 aromatic heterocycles. The Morgan fingerprint density at radius 2 is 1.91 bits per heavy atom. The van der Waals surface area contributed by atoms with Crippen LogP contribution in [0.2, 0.25) is 5.02 Å². The van der Waals surface area contributed by atoms with Crippen LogP contribution in [-0.2, 0) is 22.4 Å². The number of hydrogen-bond acceptors (Lipinski definition) is 5. The van der Waals surface area contributed by atoms with Crippen molar-refractivity contribution >= 4 is 23.7 Å². The Morgan fingerprint density at radius 3 is 2.62 bits per heavy atom. The van der Waals surface area contributed by atoms with Crippen LogP contribution >= 0.6 is 11.6 Å². The Balaban J connectivity index is 1.70. The molecule has 8 heteroatoms. The minimum absolute atomic E-state index is 0.178. The maximum absolute atomic E-state index is 12.7. The molecule has 0 bridgehead atoms. The lowest BCUT2D eigenvalue weighted by Gasteiger charge is -2.43. The maximum Gasteiger partial charge on any atom is 0.411 e. The lowest BCUT2D eigenvalue weighted by Crippen LogP contribution is -2.59. The van der Waals surface area contributed by atoms with Crippen molar-refractivity contribution in [1.82, 2.24) is 14.8 Å². The minimum atomic E-state index is -1.05. The van der Waals surface area contributed by atoms with Gasteiger partial charge in [-0.1, -0.05) is 23.7 Å². The first-order valence-corrected chi connectivity index (χ1v) is 11.2. The van der Waals surface area contributed by atoms with Gasteiger partial charge >= 0.3 is 12.1 Å². The van der Waals surface area contributed by atoms with Gasteiger partial charge in [-0.25, -0.2) is 9.59 Å². The van der Waals surface area contributed by atoms with Crippen molar-refractivity contribution in [3.63, 3.8) is 0 Å². The number of aromatic nitrogens is 1. The first-order chi connectivity index (χ1) is 15.1. The van der Waals surface area contributed by atoms with E-state index in [0.717, 1.165) is 35.2 Å². The predicted octanol–water partition coefficient (Wildman–Crippen LogP) is 3.93. The van der Waals surface area contributed by atoms with E-state index in [4.69, 9.17) is 21.3 Å². The molecule has 1 aromatic carbocycles. The number of nitrogens with zero attached hydrogens (tertiary/aromatic N) is 3. The number of carboxylic acids is 1. The fraction of sp³-hybridized carbons (Fsp3) is 0.458. The summed E-state index contributed by atoms with van der Waals surface area (Å²) in [5.74, 6) is -1.05. The molecule has 2 heterocycles. The summed E-state index contributed by atoms with van der Waals surface area (Å²) >= 11 is 6.28. The van der Waals surface area contributed by atoms with Gasteiger partial charge in [-0.2, -0.15) is 0 Å². The highest BCUT2D eigenvalue weighted by atomic mass is 35.5. The molecular formula is C24H28ClN3O4. The summed E-state index contributed by atoms with van der Waals surface area (Å²) in [4.78, 5) is 33.0. The van der Waals surface area contributed by atoms with Crippen LogP contribution in [0, 0.1) is 0 Å². The van der Waals surface area contributed by atoms with Gasteiger partial charge in [0, 0.05) is 30.9 Å². The summed E-state index contributed by atoms with van der Waals surface area (Å²) in [6, 6.07) is 8.66. The quantitative estimate of drug-likeness (QED) is 0.735. The van der Waals surface area contributed by atoms with E-state index in [0.29, 0.717) is 11.6 Å². The van der Waals surface area contributed by atoms with Crippen LogP contribution in [0.5, 0.6) is 0 Å². The number of carbonyl (C=O) groups is 2. The number of hydrogen-bond donors (Lipinski definition) is 1. The Hall–Kier alpha value is -2.64. The predicted molar refractivity (Wildman–Crippen MR) is 121 cm³/mol. The molecule has 0 unspecified atom stereocenters. The first-order valence-electron chi connectivity index (χ1n) is 10.8. The molecule has 1 amide bonds. The molecule has 1 fully saturated rings. The zero-order valence-corrected chi connectivity index (χ0v) is 19.3. The van der Waals surface area contributed by atoms with E-state index in [1.807, 2.05) is 24.3 Å². The van der Waals surface area contributed by atoms with Crippen LogP contribution in [0.15, 0.2) is 36.5 Å². The average Bonchev–Trinajstić information content (AvgIpc) is 2.88. The molecule has 170 valence electrons. The molecular weight excluding hydrogens is 430 g/mol. The second-order valence-electron chi connectivity index (χ2n) is 9.32. The topological polar surface area (TPSA) is 83.0 Å². The van der Waals surface area contributed by atoms with Gasteiger partial charge in [0.2, 0.25) is 0 Å². The highest BCUT2D eigenvalue weighted by molar-refractivity contribution is 6.30. The number of carbonyl (C=O) groups excluding carboxylic acids is 1. The first kappa shape index (κ1) is 22.6. The van der Waals surface area contributed by atoms with Gasteiger partial charge in [-0.05, 0) is 68.5 Å². The van der Waals surface area contributed by atoms with Gasteiger partial charge in [0.15, 0.2) is 0 Å². The number of benzene rings is 1. The summed E-state index contributed by atoms with van der Waals surface area (Å²) in [5.41, 5.74) is 3.61. The van der Waals surface area contributed by atoms with Crippen molar-refractivity contribution in [2.45, 2.75) is 51.3 Å². The van der Waals surface area contributed by atoms with Crippen LogP contribution in [-0.4, -0.2) is 63.2 Å². The highest BCUT2D eigenvalue weighted by Crippen LogP contribution is 2.37. The lowest BCUT2D eigenvalue weighted by atomic mass is 9.95. The Labute approximate surface area is 192 Å². The number of carboxylic acid groups (broad SMARTS) is 1. The Kier molecular flexibility index (Phi) is 6.14. The largest absolute Gasteiger partial charge is 0.480 e. The Morgan fingerprint density at radius 1 is 1.16 bits per heavy atom. The van der Waals surface area contributed by atoms with E-state index >= 15 is 0 Å². The van der Waals surface area contributed by atoms with E-state index in [2.05, 4.69) is 11.0 Å². The summed E-state index contributed by atoms with van der Waals surface area (Å²) in [6.07, 6.45) is 2.85. The molecule has 32 heavy (non-hydrogen) atoms. The van der Waals surface area contributed by atoms with Crippen molar-refractivity contribution in [3.05, 3.63) is 63.9 Å². The number of ether oxygens (including phenoxy) is 1. The van der Waals surface area contributed by atoms with Crippen molar-refractivity contribution in [2.24, 2.45) is 0 Å². The zero-order chi connectivity index (χ0) is 23.0. The van der Waals surface area contributed by atoms with E-state index in [1.54, 1.807) is 27.0 Å². The van der Waals surface area contributed by atoms with E-state index < -0.39 is 23.7 Å². The van der Waals surface area contributed by atoms with Gasteiger partial charge in [0.1, 0.15) is 11.6 Å². The fourth-order valence-corrected chi connectivity index (χ4v) is 4.74. The molecule has 2 atom stereocenters. The zero-order valence-electron chi connectivity index (χ0n) is 18.5. The van der Waals surface area contributed by atoms with Gasteiger partial charge < -0.3 is 9.84 Å². The van der Waals surface area contributed by atoms with E-state index in [1.165, 1.54) is 4.90 Å². The van der Waals surface area contributed by atoms with Gasteiger partial charge in [-0.15, -0.1) is 0 Å². The van der Waals surface area contributed by atoms with Crippen molar-refractivity contribution < 1.29 is 19.4 Å². The second kappa shape index (κ2) is 8.71. The lowest BCUT2D eigenvalue weighted by molar-refractivity contribution is -0.146. The number of amides is 1. The third-order valence-electron chi connectivity index (χ3n) is 5.94. The molecule has 1 saturated heterocycles. The molecule has 7 nitrogen and oxygen atoms in total. The Bertz CT molecular complexity index is 1040. The number of aliphatic carboxylic acids is 1. The average molecular weight is 458 g/mol. The number of rotatable bonds is 2. The molecule has 1 aliphatic carbocycles. The molecule has 0 radical (unpaired) electrons. The number of pyridine rings is 1. The normalized spacial score (nSPS) is 21.3. The smallest absolute Gasteiger partial charge is 0.411 e. The SMILES string of the molecule is CC(C)(C)OC(=O)N1CCN([C@@H]2c3ccc(Cl)cc3CCc3cccnc32)C[C@@H]1C(=O)O. The fourth-order valence-electron chi connectivity index (χ4n) is 4.54. The van der Waals surface area contributed by atoms with Crippen LogP contribution < -0.4 is 0 Å². The van der Waals surface area contributed by atoms with Crippen LogP contribution in [0.25, 0.3) is 0 Å². The maximum atomic E-state index is 12.7. The van der Waals surface area contributed by atoms with Gasteiger partial charge in [0.25, 0.3) is 0 Å². The van der Waals surface area contributed by atoms with Gasteiger partial charge in [0.05, 0.1) is 11.7 Å². The van der Waals surface area contributed by atoms with Gasteiger partial charge in [-0.3, -0.25) is 14.8 Å². The number of fused-ring (bicyclic) bond motifs is 2. The molecule has 1 N–H and O–H groups in total. The molecule has 2 aliphatic rings. The highest BCUT2D eigenvalue weighted by Gasteiger charge is 2.41. The number of halogens is 1. The minimum Gasteiger partial charge on any atom is -0.480 e. The van der Waals surface area contributed by atoms with E-state index in [9.17, 15) is 14.7 Å².